The second-order valence-corrected chi connectivity index (χ2v) is 3.34. The minimum absolute atomic E-state index is 0.248. The van der Waals surface area contributed by atoms with Crippen molar-refractivity contribution in [1.82, 2.24) is 0 Å². The molecule has 0 aliphatic heterocycles. The lowest BCUT2D eigenvalue weighted by atomic mass is 9.97. The van der Waals surface area contributed by atoms with E-state index < -0.39 is 39.3 Å². The van der Waals surface area contributed by atoms with Crippen molar-refractivity contribution in [3.8, 4) is 6.07 Å². The lowest BCUT2D eigenvalue weighted by Gasteiger charge is -2.11. The van der Waals surface area contributed by atoms with Crippen molar-refractivity contribution in [2.45, 2.75) is 13.1 Å². The zero-order valence-corrected chi connectivity index (χ0v) is 8.91. The fourth-order valence-electron chi connectivity index (χ4n) is 1.42. The summed E-state index contributed by atoms with van der Waals surface area (Å²) >= 11 is 0. The number of nitriles is 1. The first-order valence-electron chi connectivity index (χ1n) is 4.49. The number of nitro groups is 1. The highest BCUT2D eigenvalue weighted by Gasteiger charge is 2.37. The molecule has 0 saturated heterocycles. The molecule has 0 unspecified atom stereocenters. The van der Waals surface area contributed by atoms with E-state index in [0.717, 1.165) is 6.92 Å². The van der Waals surface area contributed by atoms with E-state index in [-0.39, 0.29) is 6.07 Å². The first kappa shape index (κ1) is 13.6. The predicted molar refractivity (Wildman–Crippen MR) is 52.8 cm³/mol. The molecule has 0 heterocycles. The van der Waals surface area contributed by atoms with Crippen LogP contribution in [0.4, 0.5) is 18.9 Å². The van der Waals surface area contributed by atoms with Crippen molar-refractivity contribution >= 4 is 11.5 Å². The van der Waals surface area contributed by atoms with Crippen LogP contribution in [0.25, 0.3) is 0 Å². The summed E-state index contributed by atoms with van der Waals surface area (Å²) in [5.41, 5.74) is -3.87. The number of nitrogens with zero attached hydrogens (tertiary/aromatic N) is 2. The molecule has 94 valence electrons. The lowest BCUT2D eigenvalue weighted by Crippen LogP contribution is -2.14. The molecular weight excluding hydrogens is 253 g/mol. The zero-order chi connectivity index (χ0) is 14.1. The van der Waals surface area contributed by atoms with Crippen molar-refractivity contribution in [3.05, 3.63) is 38.9 Å². The Bertz CT molecular complexity index is 573. The van der Waals surface area contributed by atoms with Crippen molar-refractivity contribution in [2.75, 3.05) is 0 Å². The second kappa shape index (κ2) is 4.44. The topological polar surface area (TPSA) is 84.0 Å². The first-order valence-corrected chi connectivity index (χ1v) is 4.49. The quantitative estimate of drug-likeness (QED) is 0.463. The maximum Gasteiger partial charge on any atom is 0.417 e. The Hall–Kier alpha value is -2.43. The number of Topliss-reactive ketones (excluding diaryl/α,β-unsaturated/α-hetero) is 1. The normalized spacial score (nSPS) is 10.8. The number of non-ortho nitro benzene ring substituents is 1. The van der Waals surface area contributed by atoms with Crippen LogP contribution in [0.2, 0.25) is 0 Å². The Morgan fingerprint density at radius 1 is 1.44 bits per heavy atom. The van der Waals surface area contributed by atoms with E-state index in [9.17, 15) is 28.1 Å². The first-order chi connectivity index (χ1) is 8.18. The third-order valence-corrected chi connectivity index (χ3v) is 2.11. The number of halogens is 3. The van der Waals surface area contributed by atoms with Gasteiger partial charge in [-0.05, 0) is 6.92 Å². The van der Waals surface area contributed by atoms with Gasteiger partial charge in [-0.3, -0.25) is 14.9 Å². The molecule has 0 spiro atoms. The van der Waals surface area contributed by atoms with Gasteiger partial charge in [0.15, 0.2) is 5.78 Å². The molecule has 0 fully saturated rings. The minimum Gasteiger partial charge on any atom is -0.294 e. The standard InChI is InChI=1S/C10H5F3N2O3/c1-5(16)9-6(4-14)2-7(15(17)18)3-8(9)10(11,12)13/h2-3H,1H3. The molecule has 1 aromatic carbocycles. The molecule has 0 aliphatic rings. The van der Waals surface area contributed by atoms with Crippen LogP contribution >= 0.6 is 0 Å². The van der Waals surface area contributed by atoms with Crippen LogP contribution in [0.15, 0.2) is 12.1 Å². The molecular formula is C10H5F3N2O3. The van der Waals surface area contributed by atoms with Gasteiger partial charge in [-0.1, -0.05) is 0 Å². The molecule has 0 bridgehead atoms. The van der Waals surface area contributed by atoms with Gasteiger partial charge in [-0.2, -0.15) is 18.4 Å². The van der Waals surface area contributed by atoms with Crippen molar-refractivity contribution in [1.29, 1.82) is 5.26 Å². The second-order valence-electron chi connectivity index (χ2n) is 3.34. The van der Waals surface area contributed by atoms with E-state index in [4.69, 9.17) is 5.26 Å². The van der Waals surface area contributed by atoms with E-state index in [1.807, 2.05) is 0 Å². The number of rotatable bonds is 2. The van der Waals surface area contributed by atoms with Crippen LogP contribution in [0, 0.1) is 21.4 Å². The summed E-state index contributed by atoms with van der Waals surface area (Å²) in [6, 6.07) is 2.25. The number of nitro benzene ring substituents is 1. The smallest absolute Gasteiger partial charge is 0.294 e. The molecule has 8 heteroatoms. The average molecular weight is 258 g/mol. The summed E-state index contributed by atoms with van der Waals surface area (Å²) in [6.07, 6.45) is -4.95. The maximum absolute atomic E-state index is 12.7. The fourth-order valence-corrected chi connectivity index (χ4v) is 1.42. The average Bonchev–Trinajstić information content (AvgIpc) is 2.25. The van der Waals surface area contributed by atoms with Gasteiger partial charge in [-0.15, -0.1) is 0 Å². The van der Waals surface area contributed by atoms with Crippen LogP contribution in [0.5, 0.6) is 0 Å². The van der Waals surface area contributed by atoms with Crippen molar-refractivity contribution in [3.63, 3.8) is 0 Å². The minimum atomic E-state index is -4.95. The molecule has 0 N–H and O–H groups in total. The molecule has 5 nitrogen and oxygen atoms in total. The molecule has 0 amide bonds. The summed E-state index contributed by atoms with van der Waals surface area (Å²) in [7, 11) is 0. The Labute approximate surface area is 98.6 Å². The van der Waals surface area contributed by atoms with Crippen molar-refractivity contribution < 1.29 is 22.9 Å². The Morgan fingerprint density at radius 3 is 2.33 bits per heavy atom. The summed E-state index contributed by atoms with van der Waals surface area (Å²) in [5.74, 6) is -0.978. The van der Waals surface area contributed by atoms with E-state index in [1.165, 1.54) is 6.07 Å². The van der Waals surface area contributed by atoms with Crippen LogP contribution in [-0.2, 0) is 6.18 Å². The molecule has 18 heavy (non-hydrogen) atoms. The molecule has 0 saturated carbocycles. The SMILES string of the molecule is CC(=O)c1c(C#N)cc([N+](=O)[O-])cc1C(F)(F)F. The van der Waals surface area contributed by atoms with Crippen LogP contribution in [0.3, 0.4) is 0 Å². The lowest BCUT2D eigenvalue weighted by molar-refractivity contribution is -0.385. The summed E-state index contributed by atoms with van der Waals surface area (Å²) < 4.78 is 38.1. The van der Waals surface area contributed by atoms with Crippen molar-refractivity contribution in [2.24, 2.45) is 0 Å². The van der Waals surface area contributed by atoms with Crippen LogP contribution < -0.4 is 0 Å². The van der Waals surface area contributed by atoms with E-state index in [1.54, 1.807) is 0 Å². The highest BCUT2D eigenvalue weighted by atomic mass is 19.4. The van der Waals surface area contributed by atoms with Gasteiger partial charge in [0.05, 0.1) is 16.1 Å². The predicted octanol–water partition coefficient (Wildman–Crippen LogP) is 2.69. The van der Waals surface area contributed by atoms with Crippen LogP contribution in [0.1, 0.15) is 28.4 Å². The summed E-state index contributed by atoms with van der Waals surface area (Å²) in [4.78, 5) is 20.6. The zero-order valence-electron chi connectivity index (χ0n) is 8.91. The molecule has 1 rings (SSSR count). The number of carbonyl (C=O) groups excluding carboxylic acids is 1. The number of hydrogen-bond acceptors (Lipinski definition) is 4. The third kappa shape index (κ3) is 2.45. The van der Waals surface area contributed by atoms with Gasteiger partial charge in [0.1, 0.15) is 6.07 Å². The van der Waals surface area contributed by atoms with E-state index in [0.29, 0.717) is 6.07 Å². The van der Waals surface area contributed by atoms with Gasteiger partial charge in [0.2, 0.25) is 0 Å². The fraction of sp³-hybridized carbons (Fsp3) is 0.200. The molecule has 0 atom stereocenters. The number of hydrogen-bond donors (Lipinski definition) is 0. The summed E-state index contributed by atoms with van der Waals surface area (Å²) in [6.45, 7) is 0.858. The van der Waals surface area contributed by atoms with Gasteiger partial charge in [-0.25, -0.2) is 0 Å². The Kier molecular flexibility index (Phi) is 3.37. The van der Waals surface area contributed by atoms with E-state index >= 15 is 0 Å². The number of benzene rings is 1. The molecule has 1 aromatic rings. The molecule has 0 aromatic heterocycles. The highest BCUT2D eigenvalue weighted by molar-refractivity contribution is 5.98. The van der Waals surface area contributed by atoms with Crippen LogP contribution in [-0.4, -0.2) is 10.7 Å². The van der Waals surface area contributed by atoms with E-state index in [2.05, 4.69) is 0 Å². The highest BCUT2D eigenvalue weighted by Crippen LogP contribution is 2.36. The largest absolute Gasteiger partial charge is 0.417 e. The van der Waals surface area contributed by atoms with Gasteiger partial charge >= 0.3 is 6.18 Å². The Morgan fingerprint density at radius 2 is 2.00 bits per heavy atom. The van der Waals surface area contributed by atoms with Gasteiger partial charge in [0.25, 0.3) is 5.69 Å². The number of alkyl halides is 3. The maximum atomic E-state index is 12.7. The number of carbonyl (C=O) groups is 1. The van der Waals surface area contributed by atoms with Gasteiger partial charge < -0.3 is 0 Å². The third-order valence-electron chi connectivity index (χ3n) is 2.11. The molecule has 0 radical (unpaired) electrons. The number of ketones is 1. The Balaban J connectivity index is 3.75. The summed E-state index contributed by atoms with van der Waals surface area (Å²) in [5, 5.41) is 19.1. The van der Waals surface area contributed by atoms with Gasteiger partial charge in [0, 0.05) is 17.7 Å². The molecule has 0 aliphatic carbocycles. The monoisotopic (exact) mass is 258 g/mol.